The zero-order valence-electron chi connectivity index (χ0n) is 10.9. The summed E-state index contributed by atoms with van der Waals surface area (Å²) in [6.07, 6.45) is -1.63. The van der Waals surface area contributed by atoms with Gasteiger partial charge in [-0.2, -0.15) is 0 Å². The Balaban J connectivity index is 2.92. The van der Waals surface area contributed by atoms with Gasteiger partial charge in [-0.15, -0.1) is 0 Å². The number of halogens is 1. The number of nitrogens with two attached hydrogens (primary N) is 1. The van der Waals surface area contributed by atoms with Gasteiger partial charge in [0.05, 0.1) is 17.7 Å². The predicted octanol–water partition coefficient (Wildman–Crippen LogP) is -0.471. The third kappa shape index (κ3) is 3.65. The molecule has 1 aromatic carbocycles. The maximum Gasteiger partial charge on any atom is 0.336 e. The highest BCUT2D eigenvalue weighted by Gasteiger charge is 2.21. The molecule has 0 amide bonds. The van der Waals surface area contributed by atoms with Crippen molar-refractivity contribution in [2.24, 2.45) is 0 Å². The fourth-order valence-corrected chi connectivity index (χ4v) is 2.57. The van der Waals surface area contributed by atoms with Crippen molar-refractivity contribution in [3.63, 3.8) is 0 Å². The van der Waals surface area contributed by atoms with Gasteiger partial charge >= 0.3 is 5.97 Å². The second-order valence-corrected chi connectivity index (χ2v) is 5.80. The molecule has 0 aliphatic heterocycles. The van der Waals surface area contributed by atoms with Gasteiger partial charge in [-0.3, -0.25) is 0 Å². The number of methoxy groups -OCH3 is 1. The average molecular weight is 306 g/mol. The van der Waals surface area contributed by atoms with Crippen molar-refractivity contribution in [3.8, 4) is 0 Å². The summed E-state index contributed by atoms with van der Waals surface area (Å²) < 4.78 is 43.4. The zero-order valence-corrected chi connectivity index (χ0v) is 11.7. The summed E-state index contributed by atoms with van der Waals surface area (Å²) in [7, 11) is -2.96. The molecule has 0 spiro atoms. The van der Waals surface area contributed by atoms with Crippen LogP contribution in [0.1, 0.15) is 5.56 Å². The molecule has 0 bridgehead atoms. The third-order valence-electron chi connectivity index (χ3n) is 2.51. The molecule has 0 radical (unpaired) electrons. The second kappa shape index (κ2) is 6.16. The van der Waals surface area contributed by atoms with E-state index in [-0.39, 0.29) is 16.1 Å². The van der Waals surface area contributed by atoms with Crippen LogP contribution >= 0.6 is 0 Å². The smallest absolute Gasteiger partial charge is 0.336 e. The molecule has 0 aliphatic carbocycles. The van der Waals surface area contributed by atoms with E-state index in [1.165, 1.54) is 6.92 Å². The lowest BCUT2D eigenvalue weighted by Crippen LogP contribution is -2.37. The Morgan fingerprint density at radius 1 is 1.55 bits per heavy atom. The van der Waals surface area contributed by atoms with E-state index in [1.807, 2.05) is 4.72 Å². The van der Waals surface area contributed by atoms with Gasteiger partial charge in [0, 0.05) is 6.54 Å². The van der Waals surface area contributed by atoms with Gasteiger partial charge in [-0.05, 0) is 24.6 Å². The minimum Gasteiger partial charge on any atom is -0.467 e. The highest BCUT2D eigenvalue weighted by Crippen LogP contribution is 2.20. The molecule has 20 heavy (non-hydrogen) atoms. The quantitative estimate of drug-likeness (QED) is 0.500. The maximum absolute atomic E-state index is 13.3. The van der Waals surface area contributed by atoms with Crippen LogP contribution in [0.15, 0.2) is 17.0 Å². The number of rotatable bonds is 5. The summed E-state index contributed by atoms with van der Waals surface area (Å²) >= 11 is 0. The van der Waals surface area contributed by atoms with E-state index in [4.69, 9.17) is 5.73 Å². The van der Waals surface area contributed by atoms with Crippen molar-refractivity contribution in [1.29, 1.82) is 0 Å². The molecule has 0 saturated carbocycles. The highest BCUT2D eigenvalue weighted by molar-refractivity contribution is 7.89. The van der Waals surface area contributed by atoms with Gasteiger partial charge in [0.2, 0.25) is 10.0 Å². The highest BCUT2D eigenvalue weighted by atomic mass is 32.2. The number of aliphatic hydroxyl groups is 1. The number of sulfonamides is 1. The number of anilines is 1. The summed E-state index contributed by atoms with van der Waals surface area (Å²) in [4.78, 5) is 10.7. The Morgan fingerprint density at radius 3 is 2.65 bits per heavy atom. The normalized spacial score (nSPS) is 13.0. The minimum absolute atomic E-state index is 0.0684. The van der Waals surface area contributed by atoms with E-state index < -0.39 is 34.5 Å². The zero-order chi connectivity index (χ0) is 15.5. The van der Waals surface area contributed by atoms with Crippen molar-refractivity contribution < 1.29 is 27.4 Å². The number of ether oxygens (including phenoxy) is 1. The molecular weight excluding hydrogens is 291 g/mol. The van der Waals surface area contributed by atoms with Crippen LogP contribution < -0.4 is 10.5 Å². The molecule has 1 atom stereocenters. The van der Waals surface area contributed by atoms with Gasteiger partial charge in [-0.25, -0.2) is 22.3 Å². The number of aliphatic hydroxyl groups excluding tert-OH is 1. The Kier molecular flexibility index (Phi) is 5.03. The predicted molar refractivity (Wildman–Crippen MR) is 68.8 cm³/mol. The molecule has 1 aromatic rings. The van der Waals surface area contributed by atoms with E-state index in [9.17, 15) is 22.7 Å². The molecule has 0 aliphatic rings. The summed E-state index contributed by atoms with van der Waals surface area (Å²) in [6.45, 7) is 0.805. The van der Waals surface area contributed by atoms with Crippen LogP contribution in [0.5, 0.6) is 0 Å². The van der Waals surface area contributed by atoms with Gasteiger partial charge < -0.3 is 15.6 Å². The second-order valence-electron chi connectivity index (χ2n) is 4.03. The number of nitrogens with one attached hydrogen (secondary N) is 1. The van der Waals surface area contributed by atoms with Crippen LogP contribution in [0.4, 0.5) is 10.1 Å². The molecule has 0 heterocycles. The summed E-state index contributed by atoms with van der Waals surface area (Å²) in [5.41, 5.74) is 5.11. The molecule has 112 valence electrons. The number of carbonyl (C=O) groups is 1. The first-order valence-electron chi connectivity index (χ1n) is 5.50. The van der Waals surface area contributed by atoms with Crippen LogP contribution in [-0.2, 0) is 19.6 Å². The topological polar surface area (TPSA) is 119 Å². The molecule has 9 heteroatoms. The van der Waals surface area contributed by atoms with Crippen molar-refractivity contribution in [2.75, 3.05) is 19.4 Å². The Labute approximate surface area is 115 Å². The Bertz CT molecular complexity index is 594. The fraction of sp³-hybridized carbons (Fsp3) is 0.364. The van der Waals surface area contributed by atoms with Crippen LogP contribution in [-0.4, -0.2) is 39.3 Å². The number of nitrogen functional groups attached to an aromatic ring is 1. The van der Waals surface area contributed by atoms with E-state index in [1.54, 1.807) is 0 Å². The Hall–Kier alpha value is -1.71. The standard InChI is InChI=1S/C11H15FN2O5S/c1-6-3-7(4-8(13)10(6)12)20(17,18)14-5-9(15)11(16)19-2/h3-4,9,14-15H,5,13H2,1-2H3. The largest absolute Gasteiger partial charge is 0.467 e. The van der Waals surface area contributed by atoms with Gasteiger partial charge in [-0.1, -0.05) is 0 Å². The Morgan fingerprint density at radius 2 is 2.15 bits per heavy atom. The summed E-state index contributed by atoms with van der Waals surface area (Å²) in [5, 5.41) is 9.30. The van der Waals surface area contributed by atoms with Gasteiger partial charge in [0.1, 0.15) is 5.82 Å². The first kappa shape index (κ1) is 16.3. The van der Waals surface area contributed by atoms with Crippen LogP contribution in [0.25, 0.3) is 0 Å². The van der Waals surface area contributed by atoms with E-state index in [2.05, 4.69) is 4.74 Å². The number of hydrogen-bond donors (Lipinski definition) is 3. The molecule has 4 N–H and O–H groups in total. The maximum atomic E-state index is 13.3. The fourth-order valence-electron chi connectivity index (χ4n) is 1.41. The van der Waals surface area contributed by atoms with Crippen molar-refractivity contribution >= 4 is 21.7 Å². The first-order chi connectivity index (χ1) is 9.19. The lowest BCUT2D eigenvalue weighted by molar-refractivity contribution is -0.149. The van der Waals surface area contributed by atoms with E-state index in [0.29, 0.717) is 0 Å². The molecular formula is C11H15FN2O5S. The number of aryl methyl sites for hydroxylation is 1. The van der Waals surface area contributed by atoms with Crippen LogP contribution in [0, 0.1) is 12.7 Å². The number of carbonyl (C=O) groups excluding carboxylic acids is 1. The summed E-state index contributed by atoms with van der Waals surface area (Å²) in [5.74, 6) is -1.67. The molecule has 0 fully saturated rings. The van der Waals surface area contributed by atoms with Crippen molar-refractivity contribution in [2.45, 2.75) is 17.9 Å². The van der Waals surface area contributed by atoms with Gasteiger partial charge in [0.15, 0.2) is 6.10 Å². The monoisotopic (exact) mass is 306 g/mol. The molecule has 1 unspecified atom stereocenters. The lowest BCUT2D eigenvalue weighted by Gasteiger charge is -2.11. The molecule has 0 saturated heterocycles. The number of esters is 1. The first-order valence-corrected chi connectivity index (χ1v) is 6.98. The third-order valence-corrected chi connectivity index (χ3v) is 3.91. The van der Waals surface area contributed by atoms with Crippen molar-refractivity contribution in [3.05, 3.63) is 23.5 Å². The minimum atomic E-state index is -4.02. The van der Waals surface area contributed by atoms with Crippen LogP contribution in [0.2, 0.25) is 0 Å². The molecule has 0 aromatic heterocycles. The number of benzene rings is 1. The molecule has 1 rings (SSSR count). The van der Waals surface area contributed by atoms with Crippen molar-refractivity contribution in [1.82, 2.24) is 4.72 Å². The number of hydrogen-bond acceptors (Lipinski definition) is 6. The summed E-state index contributed by atoms with van der Waals surface area (Å²) in [6, 6.07) is 2.05. The average Bonchev–Trinajstić information content (AvgIpc) is 2.40. The lowest BCUT2D eigenvalue weighted by atomic mass is 10.2. The van der Waals surface area contributed by atoms with Crippen LogP contribution in [0.3, 0.4) is 0 Å². The molecule has 7 nitrogen and oxygen atoms in total. The van der Waals surface area contributed by atoms with Gasteiger partial charge in [0.25, 0.3) is 0 Å². The van der Waals surface area contributed by atoms with E-state index >= 15 is 0 Å². The van der Waals surface area contributed by atoms with E-state index in [0.717, 1.165) is 19.2 Å². The SMILES string of the molecule is COC(=O)C(O)CNS(=O)(=O)c1cc(C)c(F)c(N)c1.